The van der Waals surface area contributed by atoms with Gasteiger partial charge in [-0.05, 0) is 65.7 Å². The van der Waals surface area contributed by atoms with Gasteiger partial charge in [0.15, 0.2) is 0 Å². The van der Waals surface area contributed by atoms with E-state index in [1.807, 2.05) is 0 Å². The van der Waals surface area contributed by atoms with Crippen molar-refractivity contribution in [2.45, 2.75) is 23.8 Å². The summed E-state index contributed by atoms with van der Waals surface area (Å²) in [5.74, 6) is -1.88. The van der Waals surface area contributed by atoms with Crippen LogP contribution in [0, 0.1) is 0 Å². The molecule has 0 saturated heterocycles. The highest BCUT2D eigenvalue weighted by Crippen LogP contribution is 2.39. The highest BCUT2D eigenvalue weighted by Gasteiger charge is 2.48. The van der Waals surface area contributed by atoms with Crippen molar-refractivity contribution < 1.29 is 22.8 Å². The summed E-state index contributed by atoms with van der Waals surface area (Å²) < 4.78 is 27.7. The molecule has 0 spiro atoms. The number of sulfonamides is 1. The molecule has 1 saturated carbocycles. The first-order valence-corrected chi connectivity index (χ1v) is 11.0. The molecule has 0 bridgehead atoms. The lowest BCUT2D eigenvalue weighted by Gasteiger charge is -2.13. The number of carbonyl (C=O) groups excluding carboxylic acids is 3. The van der Waals surface area contributed by atoms with Crippen LogP contribution in [0.25, 0.3) is 5.69 Å². The van der Waals surface area contributed by atoms with Gasteiger partial charge in [-0.25, -0.2) is 17.4 Å². The highest BCUT2D eigenvalue weighted by atomic mass is 32.2. The Morgan fingerprint density at radius 3 is 2.25 bits per heavy atom. The number of amides is 3. The molecule has 1 aliphatic carbocycles. The van der Waals surface area contributed by atoms with Crippen molar-refractivity contribution in [2.24, 2.45) is 0 Å². The van der Waals surface area contributed by atoms with Crippen LogP contribution in [0.2, 0.25) is 0 Å². The van der Waals surface area contributed by atoms with E-state index >= 15 is 0 Å². The fourth-order valence-electron chi connectivity index (χ4n) is 3.36. The Morgan fingerprint density at radius 2 is 1.62 bits per heavy atom. The predicted octanol–water partition coefficient (Wildman–Crippen LogP) is 0.0440. The largest absolute Gasteiger partial charge is 0.269 e. The molecule has 0 radical (unpaired) electrons. The van der Waals surface area contributed by atoms with Crippen molar-refractivity contribution in [2.75, 3.05) is 0 Å². The van der Waals surface area contributed by atoms with Gasteiger partial charge in [0.25, 0.3) is 27.7 Å². The summed E-state index contributed by atoms with van der Waals surface area (Å²) in [5.41, 5.74) is 5.46. The van der Waals surface area contributed by atoms with E-state index in [9.17, 15) is 22.8 Å². The molecule has 2 N–H and O–H groups in total. The summed E-state index contributed by atoms with van der Waals surface area (Å²) in [7, 11) is -3.98. The zero-order chi connectivity index (χ0) is 22.5. The zero-order valence-corrected chi connectivity index (χ0v) is 17.1. The summed E-state index contributed by atoms with van der Waals surface area (Å²) in [6, 6.07) is 9.78. The summed E-state index contributed by atoms with van der Waals surface area (Å²) >= 11 is 0. The topological polar surface area (TPSA) is 156 Å². The van der Waals surface area contributed by atoms with E-state index in [4.69, 9.17) is 0 Å². The minimum Gasteiger partial charge on any atom is -0.268 e. The number of benzene rings is 2. The van der Waals surface area contributed by atoms with Gasteiger partial charge in [0, 0.05) is 17.2 Å². The molecule has 2 heterocycles. The maximum atomic E-state index is 12.7. The third-order valence-electron chi connectivity index (χ3n) is 5.12. The molecule has 0 unspecified atom stereocenters. The first-order valence-electron chi connectivity index (χ1n) is 9.53. The Hall–Kier alpha value is -4.13. The normalized spacial score (nSPS) is 16.5. The van der Waals surface area contributed by atoms with Crippen molar-refractivity contribution >= 4 is 27.7 Å². The van der Waals surface area contributed by atoms with E-state index in [-0.39, 0.29) is 27.6 Å². The van der Waals surface area contributed by atoms with Gasteiger partial charge in [0.2, 0.25) is 0 Å². The number of tetrazole rings is 1. The van der Waals surface area contributed by atoms with E-state index in [0.29, 0.717) is 18.5 Å². The van der Waals surface area contributed by atoms with Crippen LogP contribution in [0.5, 0.6) is 0 Å². The molecule has 1 aromatic heterocycles. The molecule has 2 aliphatic rings. The molecular formula is C19H15N7O5S. The Kier molecular flexibility index (Phi) is 4.48. The molecule has 1 aliphatic heterocycles. The SMILES string of the molecule is O=C(NNC(=O)c1ccc2c(c1)S(=O)(=O)N(C1CC1)C2=O)c1ccc(-n2cnnn2)cc1. The average Bonchev–Trinajstić information content (AvgIpc) is 3.41. The number of aromatic nitrogens is 4. The van der Waals surface area contributed by atoms with Crippen molar-refractivity contribution in [3.8, 4) is 5.69 Å². The van der Waals surface area contributed by atoms with Crippen LogP contribution < -0.4 is 10.9 Å². The molecule has 0 atom stereocenters. The molecule has 5 rings (SSSR count). The Bertz CT molecular complexity index is 1350. The summed E-state index contributed by atoms with van der Waals surface area (Å²) in [6.07, 6.45) is 2.67. The van der Waals surface area contributed by atoms with Crippen LogP contribution in [0.3, 0.4) is 0 Å². The number of hydrogen-bond acceptors (Lipinski definition) is 8. The quantitative estimate of drug-likeness (QED) is 0.525. The second-order valence-electron chi connectivity index (χ2n) is 7.26. The van der Waals surface area contributed by atoms with Crippen LogP contribution in [0.15, 0.2) is 53.7 Å². The monoisotopic (exact) mass is 453 g/mol. The second-order valence-corrected chi connectivity index (χ2v) is 9.04. The summed E-state index contributed by atoms with van der Waals surface area (Å²) in [4.78, 5) is 37.0. The van der Waals surface area contributed by atoms with Crippen molar-refractivity contribution in [1.29, 1.82) is 0 Å². The number of nitrogens with zero attached hydrogens (tertiary/aromatic N) is 5. The molecule has 32 heavy (non-hydrogen) atoms. The van der Waals surface area contributed by atoms with Crippen LogP contribution in [0.1, 0.15) is 43.9 Å². The zero-order valence-electron chi connectivity index (χ0n) is 16.3. The number of fused-ring (bicyclic) bond motifs is 1. The fraction of sp³-hybridized carbons (Fsp3) is 0.158. The first-order chi connectivity index (χ1) is 15.4. The Morgan fingerprint density at radius 1 is 0.969 bits per heavy atom. The van der Waals surface area contributed by atoms with E-state index in [1.54, 1.807) is 12.1 Å². The van der Waals surface area contributed by atoms with Gasteiger partial charge in [0.05, 0.1) is 11.3 Å². The lowest BCUT2D eigenvalue weighted by molar-refractivity contribution is 0.0846. The van der Waals surface area contributed by atoms with Crippen molar-refractivity contribution in [1.82, 2.24) is 35.4 Å². The molecule has 13 heteroatoms. The lowest BCUT2D eigenvalue weighted by atomic mass is 10.1. The average molecular weight is 453 g/mol. The van der Waals surface area contributed by atoms with Crippen LogP contribution >= 0.6 is 0 Å². The van der Waals surface area contributed by atoms with Gasteiger partial charge < -0.3 is 0 Å². The van der Waals surface area contributed by atoms with Crippen molar-refractivity contribution in [3.05, 3.63) is 65.5 Å². The number of hydrogen-bond donors (Lipinski definition) is 2. The van der Waals surface area contributed by atoms with Crippen LogP contribution in [-0.4, -0.2) is 56.7 Å². The third-order valence-corrected chi connectivity index (χ3v) is 7.00. The molecule has 3 amide bonds. The van der Waals surface area contributed by atoms with Crippen LogP contribution in [0.4, 0.5) is 0 Å². The molecule has 162 valence electrons. The second kappa shape index (κ2) is 7.23. The minimum absolute atomic E-state index is 0.00731. The smallest absolute Gasteiger partial charge is 0.268 e. The molecule has 2 aromatic carbocycles. The number of carbonyl (C=O) groups is 3. The van der Waals surface area contributed by atoms with Crippen LogP contribution in [-0.2, 0) is 10.0 Å². The van der Waals surface area contributed by atoms with Gasteiger partial charge in [0.1, 0.15) is 11.2 Å². The van der Waals surface area contributed by atoms with Gasteiger partial charge >= 0.3 is 0 Å². The maximum absolute atomic E-state index is 12.7. The standard InChI is InChI=1S/C19H15N7O5S/c27-17(11-1-4-13(5-2-11)25-10-20-23-24-25)21-22-18(28)12-3-8-15-16(9-12)32(30,31)26(19(15)29)14-6-7-14/h1-5,8-10,14H,6-7H2,(H,21,27)(H,22,28). The molecule has 12 nitrogen and oxygen atoms in total. The molecule has 3 aromatic rings. The summed E-state index contributed by atoms with van der Waals surface area (Å²) in [5, 5.41) is 10.8. The van der Waals surface area contributed by atoms with E-state index in [2.05, 4.69) is 26.4 Å². The number of nitrogens with one attached hydrogen (secondary N) is 2. The van der Waals surface area contributed by atoms with E-state index in [0.717, 1.165) is 10.4 Å². The van der Waals surface area contributed by atoms with E-state index < -0.39 is 27.7 Å². The number of hydrazine groups is 1. The molecular weight excluding hydrogens is 438 g/mol. The highest BCUT2D eigenvalue weighted by molar-refractivity contribution is 7.90. The lowest BCUT2D eigenvalue weighted by Crippen LogP contribution is -2.41. The predicted molar refractivity (Wildman–Crippen MR) is 107 cm³/mol. The van der Waals surface area contributed by atoms with Gasteiger partial charge in [-0.2, -0.15) is 0 Å². The van der Waals surface area contributed by atoms with Crippen molar-refractivity contribution in [3.63, 3.8) is 0 Å². The Balaban J connectivity index is 1.28. The summed E-state index contributed by atoms with van der Waals surface area (Å²) in [6.45, 7) is 0. The maximum Gasteiger partial charge on any atom is 0.269 e. The molecule has 1 fully saturated rings. The van der Waals surface area contributed by atoms with Gasteiger partial charge in [-0.15, -0.1) is 5.10 Å². The fourth-order valence-corrected chi connectivity index (χ4v) is 5.20. The van der Waals surface area contributed by atoms with Gasteiger partial charge in [-0.1, -0.05) is 0 Å². The Labute approximate surface area is 181 Å². The third kappa shape index (κ3) is 3.28. The first kappa shape index (κ1) is 19.8. The number of rotatable bonds is 4. The minimum atomic E-state index is -3.98. The van der Waals surface area contributed by atoms with Gasteiger partial charge in [-0.3, -0.25) is 25.2 Å². The van der Waals surface area contributed by atoms with E-state index in [1.165, 1.54) is 35.3 Å².